The monoisotopic (exact) mass is 366 g/mol. The maximum absolute atomic E-state index is 12.7. The van der Waals surface area contributed by atoms with Gasteiger partial charge in [-0.05, 0) is 32.0 Å². The minimum Gasteiger partial charge on any atom is -0.349 e. The Morgan fingerprint density at radius 3 is 2.33 bits per heavy atom. The highest BCUT2D eigenvalue weighted by Gasteiger charge is 2.31. The zero-order valence-corrected chi connectivity index (χ0v) is 14.3. The minimum atomic E-state index is -4.53. The summed E-state index contributed by atoms with van der Waals surface area (Å²) in [6, 6.07) is 2.68. The molecule has 0 saturated carbocycles. The quantitative estimate of drug-likeness (QED) is 0.711. The molecule has 1 unspecified atom stereocenters. The molecule has 0 radical (unpaired) electrons. The molecule has 134 valence electrons. The van der Waals surface area contributed by atoms with E-state index >= 15 is 0 Å². The maximum Gasteiger partial charge on any atom is 0.416 e. The maximum atomic E-state index is 12.7. The number of rotatable bonds is 6. The highest BCUT2D eigenvalue weighted by Crippen LogP contribution is 2.33. The first-order chi connectivity index (χ1) is 11.0. The fraction of sp³-hybridized carbons (Fsp3) is 0.467. The van der Waals surface area contributed by atoms with E-state index in [1.165, 1.54) is 0 Å². The summed E-state index contributed by atoms with van der Waals surface area (Å²) in [7, 11) is 1.63. The van der Waals surface area contributed by atoms with Crippen LogP contribution in [0.15, 0.2) is 18.2 Å². The van der Waals surface area contributed by atoms with Crippen molar-refractivity contribution in [2.45, 2.75) is 26.1 Å². The molecule has 9 heteroatoms. The Kier molecular flexibility index (Phi) is 7.04. The summed E-state index contributed by atoms with van der Waals surface area (Å²) >= 11 is 5.82. The summed E-state index contributed by atoms with van der Waals surface area (Å²) in [6.07, 6.45) is -4.53. The number of carbonyl (C=O) groups is 2. The van der Waals surface area contributed by atoms with Gasteiger partial charge in [-0.15, -0.1) is 0 Å². The van der Waals surface area contributed by atoms with Crippen LogP contribution in [0.25, 0.3) is 0 Å². The molecule has 0 bridgehead atoms. The van der Waals surface area contributed by atoms with Crippen LogP contribution in [0.4, 0.5) is 18.9 Å². The van der Waals surface area contributed by atoms with Gasteiger partial charge in [0.05, 0.1) is 23.3 Å². The van der Waals surface area contributed by atoms with Gasteiger partial charge in [-0.2, -0.15) is 13.2 Å². The molecule has 1 rings (SSSR count). The Morgan fingerprint density at radius 2 is 1.79 bits per heavy atom. The van der Waals surface area contributed by atoms with Crippen molar-refractivity contribution in [2.24, 2.45) is 0 Å². The average Bonchev–Trinajstić information content (AvgIpc) is 2.38. The molecule has 0 aliphatic carbocycles. The molecular formula is C15H20ClF3N3O2+. The number of nitrogens with one attached hydrogen (secondary N) is 3. The second-order valence-electron chi connectivity index (χ2n) is 5.77. The first-order valence-electron chi connectivity index (χ1n) is 7.26. The second-order valence-corrected chi connectivity index (χ2v) is 6.18. The van der Waals surface area contributed by atoms with Gasteiger partial charge in [0.1, 0.15) is 0 Å². The molecule has 0 saturated heterocycles. The van der Waals surface area contributed by atoms with Crippen molar-refractivity contribution in [2.75, 3.05) is 25.5 Å². The molecule has 2 amide bonds. The Hall–Kier alpha value is -1.80. The van der Waals surface area contributed by atoms with E-state index in [0.717, 1.165) is 18.2 Å². The third-order valence-electron chi connectivity index (χ3n) is 2.94. The number of alkyl halides is 3. The summed E-state index contributed by atoms with van der Waals surface area (Å²) in [4.78, 5) is 24.1. The largest absolute Gasteiger partial charge is 0.416 e. The number of hydrogen-bond donors (Lipinski definition) is 3. The lowest BCUT2D eigenvalue weighted by atomic mass is 10.2. The van der Waals surface area contributed by atoms with Gasteiger partial charge in [-0.1, -0.05) is 11.6 Å². The SMILES string of the molecule is CC(C)NC(=O)C[NH+](C)CC(=O)Nc1cc(C(F)(F)F)ccc1Cl. The van der Waals surface area contributed by atoms with Crippen LogP contribution in [0.5, 0.6) is 0 Å². The summed E-state index contributed by atoms with van der Waals surface area (Å²) in [5.41, 5.74) is -1.02. The summed E-state index contributed by atoms with van der Waals surface area (Å²) in [6.45, 7) is 3.62. The molecule has 0 spiro atoms. The van der Waals surface area contributed by atoms with Crippen LogP contribution in [-0.4, -0.2) is 38.0 Å². The van der Waals surface area contributed by atoms with Crippen LogP contribution in [0.2, 0.25) is 5.02 Å². The van der Waals surface area contributed by atoms with Crippen molar-refractivity contribution in [1.29, 1.82) is 0 Å². The van der Waals surface area contributed by atoms with Crippen molar-refractivity contribution in [1.82, 2.24) is 5.32 Å². The lowest BCUT2D eigenvalue weighted by Crippen LogP contribution is -3.11. The third-order valence-corrected chi connectivity index (χ3v) is 3.27. The number of likely N-dealkylation sites (N-methyl/N-ethyl adjacent to an activating group) is 1. The van der Waals surface area contributed by atoms with Crippen LogP contribution < -0.4 is 15.5 Å². The normalized spacial score (nSPS) is 12.8. The van der Waals surface area contributed by atoms with Crippen molar-refractivity contribution in [3.05, 3.63) is 28.8 Å². The highest BCUT2D eigenvalue weighted by atomic mass is 35.5. The third kappa shape index (κ3) is 6.76. The number of amides is 2. The lowest BCUT2D eigenvalue weighted by Gasteiger charge is -2.16. The first-order valence-corrected chi connectivity index (χ1v) is 7.64. The number of hydrogen-bond acceptors (Lipinski definition) is 2. The zero-order chi connectivity index (χ0) is 18.5. The summed E-state index contributed by atoms with van der Waals surface area (Å²) in [5.74, 6) is -0.751. The van der Waals surface area contributed by atoms with E-state index < -0.39 is 17.6 Å². The molecule has 5 nitrogen and oxygen atoms in total. The molecule has 0 aliphatic rings. The molecule has 1 aromatic carbocycles. The van der Waals surface area contributed by atoms with Gasteiger partial charge < -0.3 is 15.5 Å². The van der Waals surface area contributed by atoms with Gasteiger partial charge in [0.2, 0.25) is 0 Å². The molecule has 1 aromatic rings. The highest BCUT2D eigenvalue weighted by molar-refractivity contribution is 6.33. The number of anilines is 1. The van der Waals surface area contributed by atoms with E-state index in [0.29, 0.717) is 4.90 Å². The number of halogens is 4. The van der Waals surface area contributed by atoms with Crippen molar-refractivity contribution >= 4 is 29.1 Å². The van der Waals surface area contributed by atoms with Crippen LogP contribution in [0.1, 0.15) is 19.4 Å². The molecule has 1 atom stereocenters. The summed E-state index contributed by atoms with van der Waals surface area (Å²) < 4.78 is 38.1. The van der Waals surface area contributed by atoms with Crippen LogP contribution in [0.3, 0.4) is 0 Å². The van der Waals surface area contributed by atoms with Crippen LogP contribution >= 0.6 is 11.6 Å². The van der Waals surface area contributed by atoms with Crippen molar-refractivity contribution in [3.63, 3.8) is 0 Å². The van der Waals surface area contributed by atoms with Gasteiger partial charge in [-0.25, -0.2) is 0 Å². The predicted molar refractivity (Wildman–Crippen MR) is 85.0 cm³/mol. The molecule has 0 aromatic heterocycles. The van der Waals surface area contributed by atoms with Gasteiger partial charge in [0, 0.05) is 6.04 Å². The van der Waals surface area contributed by atoms with Crippen molar-refractivity contribution < 1.29 is 27.7 Å². The lowest BCUT2D eigenvalue weighted by molar-refractivity contribution is -0.862. The standard InChI is InChI=1S/C15H19ClF3N3O2/c1-9(2)20-13(23)7-22(3)8-14(24)21-12-6-10(15(17,18)19)4-5-11(12)16/h4-6,9H,7-8H2,1-3H3,(H,20,23)(H,21,24)/p+1. The average molecular weight is 367 g/mol. The van der Waals surface area contributed by atoms with Gasteiger partial charge in [0.15, 0.2) is 13.1 Å². The predicted octanol–water partition coefficient (Wildman–Crippen LogP) is 1.34. The second kappa shape index (κ2) is 8.34. The molecule has 0 heterocycles. The fourth-order valence-electron chi connectivity index (χ4n) is 1.98. The Bertz CT molecular complexity index is 606. The first kappa shape index (κ1) is 20.2. The van der Waals surface area contributed by atoms with Crippen LogP contribution in [0, 0.1) is 0 Å². The van der Waals surface area contributed by atoms with Gasteiger partial charge in [-0.3, -0.25) is 9.59 Å². The number of benzene rings is 1. The number of quaternary nitrogens is 1. The molecule has 0 aliphatic heterocycles. The zero-order valence-electron chi connectivity index (χ0n) is 13.6. The van der Waals surface area contributed by atoms with Gasteiger partial charge in [0.25, 0.3) is 11.8 Å². The van der Waals surface area contributed by atoms with Crippen molar-refractivity contribution in [3.8, 4) is 0 Å². The van der Waals surface area contributed by atoms with Gasteiger partial charge >= 0.3 is 6.18 Å². The molecule has 0 fully saturated rings. The van der Waals surface area contributed by atoms with Crippen LogP contribution in [-0.2, 0) is 15.8 Å². The van der Waals surface area contributed by atoms with E-state index in [9.17, 15) is 22.8 Å². The Balaban J connectivity index is 2.66. The minimum absolute atomic E-state index is 0.00607. The van der Waals surface area contributed by atoms with E-state index in [2.05, 4.69) is 10.6 Å². The van der Waals surface area contributed by atoms with E-state index in [1.54, 1.807) is 7.05 Å². The molecular weight excluding hydrogens is 347 g/mol. The number of carbonyl (C=O) groups excluding carboxylic acids is 2. The van der Waals surface area contributed by atoms with E-state index in [1.807, 2.05) is 13.8 Å². The van der Waals surface area contributed by atoms with E-state index in [-0.39, 0.29) is 35.7 Å². The topological polar surface area (TPSA) is 62.6 Å². The molecule has 3 N–H and O–H groups in total. The Morgan fingerprint density at radius 1 is 1.21 bits per heavy atom. The van der Waals surface area contributed by atoms with E-state index in [4.69, 9.17) is 11.6 Å². The fourth-order valence-corrected chi connectivity index (χ4v) is 2.14. The Labute approximate surface area is 143 Å². The molecule has 24 heavy (non-hydrogen) atoms. The summed E-state index contributed by atoms with van der Waals surface area (Å²) in [5, 5.41) is 5.04. The smallest absolute Gasteiger partial charge is 0.349 e.